The van der Waals surface area contributed by atoms with E-state index in [2.05, 4.69) is 28.9 Å². The van der Waals surface area contributed by atoms with E-state index in [9.17, 15) is 0 Å². The van der Waals surface area contributed by atoms with Crippen molar-refractivity contribution in [3.8, 4) is 0 Å². The van der Waals surface area contributed by atoms with Crippen LogP contribution in [0.2, 0.25) is 0 Å². The number of hydrogen-bond donors (Lipinski definition) is 0. The van der Waals surface area contributed by atoms with Gasteiger partial charge in [0.05, 0.1) is 0 Å². The van der Waals surface area contributed by atoms with E-state index in [0.717, 1.165) is 0 Å². The van der Waals surface area contributed by atoms with Gasteiger partial charge in [-0.3, -0.25) is 0 Å². The Bertz CT molecular complexity index is 162. The Morgan fingerprint density at radius 2 is 0.889 bits per heavy atom. The molecular formula is C16H34PSe+. The van der Waals surface area contributed by atoms with Crippen molar-refractivity contribution in [1.82, 2.24) is 0 Å². The van der Waals surface area contributed by atoms with E-state index in [1.54, 1.807) is 0 Å². The third-order valence-corrected chi connectivity index (χ3v) is 7.45. The molecule has 0 saturated heterocycles. The van der Waals surface area contributed by atoms with Crippen molar-refractivity contribution in [3.63, 3.8) is 0 Å². The van der Waals surface area contributed by atoms with Gasteiger partial charge in [0.25, 0.3) is 0 Å². The Kier molecular flexibility index (Phi) is 16.6. The zero-order valence-electron chi connectivity index (χ0n) is 12.8. The minimum absolute atomic E-state index is 0.245. The first-order valence-corrected chi connectivity index (χ1v) is 12.2. The third-order valence-electron chi connectivity index (χ3n) is 3.52. The fourth-order valence-electron chi connectivity index (χ4n) is 2.25. The zero-order chi connectivity index (χ0) is 13.5. The normalized spacial score (nSPS) is 10.8. The monoisotopic (exact) mass is 337 g/mol. The van der Waals surface area contributed by atoms with Gasteiger partial charge in [0.15, 0.2) is 0 Å². The molecule has 0 radical (unpaired) electrons. The third kappa shape index (κ3) is 14.9. The molecule has 18 heavy (non-hydrogen) atoms. The van der Waals surface area contributed by atoms with Gasteiger partial charge in [0.2, 0.25) is 0 Å². The Morgan fingerprint density at radius 3 is 1.28 bits per heavy atom. The molecule has 108 valence electrons. The molecule has 0 spiro atoms. The van der Waals surface area contributed by atoms with Gasteiger partial charge in [0, 0.05) is 0 Å². The summed E-state index contributed by atoms with van der Waals surface area (Å²) in [5.41, 5.74) is 0. The van der Waals surface area contributed by atoms with Gasteiger partial charge >= 0.3 is 124 Å². The average Bonchev–Trinajstić information content (AvgIpc) is 2.38. The molecule has 0 heterocycles. The van der Waals surface area contributed by atoms with E-state index >= 15 is 0 Å². The van der Waals surface area contributed by atoms with Crippen LogP contribution in [0, 0.1) is 0 Å². The fraction of sp³-hybridized carbons (Fsp3) is 1.00. The summed E-state index contributed by atoms with van der Waals surface area (Å²) in [5, 5.41) is 0. The Morgan fingerprint density at radius 1 is 0.556 bits per heavy atom. The molecule has 0 aliphatic carbocycles. The molecule has 0 N–H and O–H groups in total. The first-order chi connectivity index (χ1) is 8.81. The van der Waals surface area contributed by atoms with Gasteiger partial charge in [0.1, 0.15) is 0 Å². The summed E-state index contributed by atoms with van der Waals surface area (Å²) in [5.74, 6) is 0. The molecule has 0 bridgehead atoms. The van der Waals surface area contributed by atoms with E-state index < -0.39 is 0 Å². The molecule has 0 aliphatic rings. The Balaban J connectivity index is 3.12. The van der Waals surface area contributed by atoms with Crippen molar-refractivity contribution >= 4 is 21.3 Å². The van der Waals surface area contributed by atoms with E-state index in [1.807, 2.05) is 0 Å². The Labute approximate surface area is 124 Å². The van der Waals surface area contributed by atoms with Crippen LogP contribution in [0.1, 0.15) is 90.9 Å². The van der Waals surface area contributed by atoms with Gasteiger partial charge in [-0.2, -0.15) is 0 Å². The minimum atomic E-state index is 0.245. The fourth-order valence-corrected chi connectivity index (χ4v) is 5.25. The first kappa shape index (κ1) is 18.8. The standard InChI is InChI=1S/C16H34PSe/c1-3-5-7-9-11-13-15-17(18)16-14-12-10-8-6-4-2/h3-16H2,1-2H3/q+1. The molecule has 0 amide bonds. The second-order valence-electron chi connectivity index (χ2n) is 5.46. The summed E-state index contributed by atoms with van der Waals surface area (Å²) in [6.07, 6.45) is 20.5. The molecule has 0 unspecified atom stereocenters. The van der Waals surface area contributed by atoms with Crippen LogP contribution in [-0.4, -0.2) is 27.4 Å². The quantitative estimate of drug-likeness (QED) is 0.199. The number of hydrogen-bond acceptors (Lipinski definition) is 0. The molecule has 0 aromatic rings. The molecule has 0 atom stereocenters. The van der Waals surface area contributed by atoms with Crippen LogP contribution in [0.3, 0.4) is 0 Å². The second kappa shape index (κ2) is 15.9. The van der Waals surface area contributed by atoms with Crippen molar-refractivity contribution in [2.75, 3.05) is 12.3 Å². The van der Waals surface area contributed by atoms with Crippen LogP contribution < -0.4 is 0 Å². The van der Waals surface area contributed by atoms with Crippen LogP contribution >= 0.6 is 6.17 Å². The van der Waals surface area contributed by atoms with Crippen molar-refractivity contribution < 1.29 is 0 Å². The van der Waals surface area contributed by atoms with Gasteiger partial charge in [-0.05, 0) is 0 Å². The van der Waals surface area contributed by atoms with E-state index in [1.165, 1.54) is 89.4 Å². The van der Waals surface area contributed by atoms with Gasteiger partial charge in [-0.15, -0.1) is 0 Å². The predicted molar refractivity (Wildman–Crippen MR) is 89.2 cm³/mol. The van der Waals surface area contributed by atoms with Crippen molar-refractivity contribution in [3.05, 3.63) is 0 Å². The summed E-state index contributed by atoms with van der Waals surface area (Å²) >= 11 is 3.45. The molecule has 0 fully saturated rings. The summed E-state index contributed by atoms with van der Waals surface area (Å²) in [6, 6.07) is 0. The SMILES string of the molecule is CCCCCCCC[P+](=[Se])CCCCCCCC. The topological polar surface area (TPSA) is 0 Å². The second-order valence-corrected chi connectivity index (χ2v) is 10.6. The van der Waals surface area contributed by atoms with E-state index in [0.29, 0.717) is 0 Å². The molecule has 0 saturated carbocycles. The van der Waals surface area contributed by atoms with E-state index in [-0.39, 0.29) is 6.17 Å². The maximum absolute atomic E-state index is 3.45. The van der Waals surface area contributed by atoms with Crippen LogP contribution in [0.25, 0.3) is 0 Å². The first-order valence-electron chi connectivity index (χ1n) is 8.23. The van der Waals surface area contributed by atoms with Crippen LogP contribution in [-0.2, 0) is 0 Å². The molecule has 0 aromatic heterocycles. The zero-order valence-corrected chi connectivity index (χ0v) is 15.4. The Hall–Kier alpha value is 0.819. The molecule has 0 nitrogen and oxygen atoms in total. The predicted octanol–water partition coefficient (Wildman–Crippen LogP) is 6.27. The van der Waals surface area contributed by atoms with Crippen LogP contribution in [0.5, 0.6) is 0 Å². The maximum atomic E-state index is 3.45. The van der Waals surface area contributed by atoms with Crippen molar-refractivity contribution in [2.24, 2.45) is 0 Å². The summed E-state index contributed by atoms with van der Waals surface area (Å²) in [7, 11) is 0. The molecule has 2 heteroatoms. The van der Waals surface area contributed by atoms with Gasteiger partial charge in [-0.1, -0.05) is 0 Å². The number of rotatable bonds is 14. The van der Waals surface area contributed by atoms with Gasteiger partial charge in [-0.25, -0.2) is 0 Å². The van der Waals surface area contributed by atoms with Crippen LogP contribution in [0.15, 0.2) is 0 Å². The van der Waals surface area contributed by atoms with Gasteiger partial charge < -0.3 is 0 Å². The molecule has 0 aromatic carbocycles. The average molecular weight is 336 g/mol. The van der Waals surface area contributed by atoms with Crippen molar-refractivity contribution in [1.29, 1.82) is 0 Å². The molecule has 0 aliphatic heterocycles. The van der Waals surface area contributed by atoms with Crippen molar-refractivity contribution in [2.45, 2.75) is 90.9 Å². The van der Waals surface area contributed by atoms with E-state index in [4.69, 9.17) is 0 Å². The molecular weight excluding hydrogens is 302 g/mol. The summed E-state index contributed by atoms with van der Waals surface area (Å²) in [4.78, 5) is 0. The molecule has 0 rings (SSSR count). The number of unbranched alkanes of at least 4 members (excludes halogenated alkanes) is 10. The van der Waals surface area contributed by atoms with Crippen LogP contribution in [0.4, 0.5) is 0 Å². The summed E-state index contributed by atoms with van der Waals surface area (Å²) < 4.78 is 0. The summed E-state index contributed by atoms with van der Waals surface area (Å²) in [6.45, 7) is 4.58.